The highest BCUT2D eigenvalue weighted by atomic mass is 79.9. The molecule has 0 aromatic heterocycles. The van der Waals surface area contributed by atoms with Gasteiger partial charge in [-0.3, -0.25) is 9.59 Å². The van der Waals surface area contributed by atoms with E-state index in [9.17, 15) is 29.4 Å². The number of carboxylic acid groups (broad SMARTS) is 2. The minimum Gasteiger partial charge on any atom is -0.478 e. The van der Waals surface area contributed by atoms with E-state index in [-0.39, 0.29) is 42.0 Å². The van der Waals surface area contributed by atoms with E-state index in [1.54, 1.807) is 0 Å². The molecule has 2 aromatic rings. The van der Waals surface area contributed by atoms with Crippen LogP contribution in [0.1, 0.15) is 184 Å². The number of carboxylic acids is 2. The van der Waals surface area contributed by atoms with Crippen LogP contribution in [0.2, 0.25) is 0 Å². The van der Waals surface area contributed by atoms with Gasteiger partial charge in [0.25, 0.3) is 11.8 Å². The Morgan fingerprint density at radius 3 is 1.27 bits per heavy atom. The van der Waals surface area contributed by atoms with Crippen LogP contribution in [0, 0.1) is 0 Å². The molecular weight excluding hydrogens is 740 g/mol. The second kappa shape index (κ2) is 23.8. The number of rotatable bonds is 26. The van der Waals surface area contributed by atoms with E-state index in [0.29, 0.717) is 13.1 Å². The predicted molar refractivity (Wildman–Crippen MR) is 202 cm³/mol. The van der Waals surface area contributed by atoms with Gasteiger partial charge in [0.05, 0.1) is 16.7 Å². The van der Waals surface area contributed by atoms with E-state index < -0.39 is 23.8 Å². The molecule has 0 atom stereocenters. The zero-order chi connectivity index (χ0) is 35.3. The van der Waals surface area contributed by atoms with Gasteiger partial charge in [-0.1, -0.05) is 129 Å². The number of hydrogen-bond acceptors (Lipinski definition) is 4. The normalized spacial score (nSPS) is 11.2. The summed E-state index contributed by atoms with van der Waals surface area (Å²) >= 11 is 6.63. The van der Waals surface area contributed by atoms with Crippen LogP contribution >= 0.6 is 31.9 Å². The summed E-state index contributed by atoms with van der Waals surface area (Å²) in [6, 6.07) is 2.61. The number of aromatic carboxylic acids is 2. The van der Waals surface area contributed by atoms with Crippen LogP contribution < -0.4 is 10.6 Å². The van der Waals surface area contributed by atoms with Crippen molar-refractivity contribution in [3.63, 3.8) is 0 Å². The van der Waals surface area contributed by atoms with Gasteiger partial charge < -0.3 is 20.8 Å². The van der Waals surface area contributed by atoms with Crippen molar-refractivity contribution in [2.24, 2.45) is 0 Å². The molecule has 0 fully saturated rings. The molecule has 0 spiro atoms. The van der Waals surface area contributed by atoms with Gasteiger partial charge in [0.15, 0.2) is 0 Å². The van der Waals surface area contributed by atoms with E-state index in [1.807, 2.05) is 0 Å². The molecule has 0 aliphatic heterocycles. The van der Waals surface area contributed by atoms with Crippen LogP contribution in [-0.2, 0) is 0 Å². The number of amides is 2. The molecule has 0 saturated heterocycles. The minimum absolute atomic E-state index is 0.00333. The molecule has 0 aliphatic carbocycles. The fourth-order valence-electron chi connectivity index (χ4n) is 6.16. The van der Waals surface area contributed by atoms with E-state index in [0.717, 1.165) is 51.4 Å². The number of nitrogens with one attached hydrogen (secondary N) is 2. The quantitative estimate of drug-likeness (QED) is 0.0701. The summed E-state index contributed by atoms with van der Waals surface area (Å²) < 4.78 is 0.239. The van der Waals surface area contributed by atoms with Gasteiger partial charge in [-0.2, -0.15) is 0 Å². The topological polar surface area (TPSA) is 133 Å². The van der Waals surface area contributed by atoms with Gasteiger partial charge >= 0.3 is 11.9 Å². The Morgan fingerprint density at radius 2 is 0.854 bits per heavy atom. The summed E-state index contributed by atoms with van der Waals surface area (Å²) in [7, 11) is 0. The summed E-state index contributed by atoms with van der Waals surface area (Å²) in [4.78, 5) is 52.0. The molecule has 4 N–H and O–H groups in total. The molecule has 0 aliphatic rings. The van der Waals surface area contributed by atoms with Crippen LogP contribution in [0.25, 0.3) is 10.8 Å². The van der Waals surface area contributed by atoms with Gasteiger partial charge in [0.1, 0.15) is 0 Å². The zero-order valence-electron chi connectivity index (χ0n) is 29.0. The summed E-state index contributed by atoms with van der Waals surface area (Å²) in [5.74, 6) is -3.73. The zero-order valence-corrected chi connectivity index (χ0v) is 32.2. The van der Waals surface area contributed by atoms with Crippen molar-refractivity contribution in [2.45, 2.75) is 142 Å². The lowest BCUT2D eigenvalue weighted by Gasteiger charge is -2.18. The summed E-state index contributed by atoms with van der Waals surface area (Å²) in [6.07, 6.45) is 23.1. The minimum atomic E-state index is -1.34. The number of carbonyl (C=O) groups is 4. The third-order valence-corrected chi connectivity index (χ3v) is 10.1. The molecule has 0 bridgehead atoms. The van der Waals surface area contributed by atoms with Crippen molar-refractivity contribution in [1.29, 1.82) is 0 Å². The van der Waals surface area contributed by atoms with Crippen molar-refractivity contribution in [3.8, 4) is 0 Å². The fraction of sp³-hybridized carbons (Fsp3) is 0.632. The molecule has 268 valence electrons. The number of unbranched alkanes of at least 4 members (excludes halogenated alkanes) is 18. The van der Waals surface area contributed by atoms with Crippen molar-refractivity contribution >= 4 is 66.4 Å². The van der Waals surface area contributed by atoms with Crippen LogP contribution in [0.15, 0.2) is 21.1 Å². The first-order valence-corrected chi connectivity index (χ1v) is 19.8. The highest BCUT2D eigenvalue weighted by Gasteiger charge is 2.29. The largest absolute Gasteiger partial charge is 0.478 e. The van der Waals surface area contributed by atoms with E-state index >= 15 is 0 Å². The van der Waals surface area contributed by atoms with Gasteiger partial charge in [-0.15, -0.1) is 0 Å². The SMILES string of the molecule is CCCCCCCCCCCCNC(=O)c1cc(Br)c(C(=O)NCCCCCCCCCCCC)c2c(C(=O)O)cc(Br)c(C(=O)O)c12. The van der Waals surface area contributed by atoms with Crippen molar-refractivity contribution in [3.05, 3.63) is 43.3 Å². The Morgan fingerprint density at radius 1 is 0.500 bits per heavy atom. The molecule has 48 heavy (non-hydrogen) atoms. The molecule has 0 heterocycles. The third-order valence-electron chi connectivity index (χ3n) is 8.86. The molecule has 0 unspecified atom stereocenters. The number of halogens is 2. The summed E-state index contributed by atoms with van der Waals surface area (Å²) in [5.41, 5.74) is -0.543. The van der Waals surface area contributed by atoms with Crippen LogP contribution in [0.5, 0.6) is 0 Å². The predicted octanol–water partition coefficient (Wildman–Crippen LogP) is 11.1. The highest BCUT2D eigenvalue weighted by molar-refractivity contribution is 9.10. The van der Waals surface area contributed by atoms with Gasteiger partial charge in [-0.25, -0.2) is 9.59 Å². The van der Waals surface area contributed by atoms with E-state index in [4.69, 9.17) is 0 Å². The second-order valence-corrected chi connectivity index (χ2v) is 14.5. The molecule has 0 radical (unpaired) electrons. The highest BCUT2D eigenvalue weighted by Crippen LogP contribution is 2.38. The molecule has 2 rings (SSSR count). The fourth-order valence-corrected chi connectivity index (χ4v) is 7.36. The molecule has 10 heteroatoms. The Balaban J connectivity index is 2.15. The third kappa shape index (κ3) is 13.8. The van der Waals surface area contributed by atoms with Crippen molar-refractivity contribution in [1.82, 2.24) is 10.6 Å². The Hall–Kier alpha value is -2.46. The molecule has 0 saturated carbocycles. The average molecular weight is 797 g/mol. The lowest BCUT2D eigenvalue weighted by atomic mass is 9.90. The van der Waals surface area contributed by atoms with E-state index in [2.05, 4.69) is 56.3 Å². The van der Waals surface area contributed by atoms with Crippen molar-refractivity contribution < 1.29 is 29.4 Å². The van der Waals surface area contributed by atoms with Gasteiger partial charge in [0.2, 0.25) is 0 Å². The van der Waals surface area contributed by atoms with Crippen molar-refractivity contribution in [2.75, 3.05) is 13.1 Å². The van der Waals surface area contributed by atoms with E-state index in [1.165, 1.54) is 89.2 Å². The Bertz CT molecular complexity index is 1350. The smallest absolute Gasteiger partial charge is 0.337 e. The maximum Gasteiger partial charge on any atom is 0.337 e. The van der Waals surface area contributed by atoms with Gasteiger partial charge in [0, 0.05) is 38.4 Å². The number of fused-ring (bicyclic) bond motifs is 1. The van der Waals surface area contributed by atoms with Crippen LogP contribution in [-0.4, -0.2) is 47.1 Å². The monoisotopic (exact) mass is 794 g/mol. The molecule has 2 aromatic carbocycles. The van der Waals surface area contributed by atoms with Crippen LogP contribution in [0.4, 0.5) is 0 Å². The second-order valence-electron chi connectivity index (χ2n) is 12.8. The lowest BCUT2D eigenvalue weighted by Crippen LogP contribution is -2.28. The molecule has 2 amide bonds. The first-order chi connectivity index (χ1) is 23.1. The average Bonchev–Trinajstić information content (AvgIpc) is 3.05. The summed E-state index contributed by atoms with van der Waals surface area (Å²) in [6.45, 7) is 5.23. The lowest BCUT2D eigenvalue weighted by molar-refractivity contribution is 0.0683. The number of hydrogen-bond donors (Lipinski definition) is 4. The molecular formula is C38H56Br2N2O6. The number of carbonyl (C=O) groups excluding carboxylic acids is 2. The first kappa shape index (κ1) is 41.7. The summed E-state index contributed by atoms with van der Waals surface area (Å²) in [5, 5.41) is 25.9. The Labute approximate surface area is 303 Å². The standard InChI is InChI=1S/C38H56Br2N2O6/c1-3-5-7-9-11-13-15-17-19-21-23-41-35(43)27-25-29(39)33(32-28(37(45)46)26-30(40)34(31(27)32)38(47)48)36(44)42-24-22-20-18-16-14-12-10-8-6-4-2/h25-26H,3-24H2,1-2H3,(H,41,43)(H,42,44)(H,45,46)(H,47,48). The maximum absolute atomic E-state index is 13.6. The maximum atomic E-state index is 13.6. The Kier molecular flexibility index (Phi) is 20.7. The number of benzene rings is 2. The first-order valence-electron chi connectivity index (χ1n) is 18.2. The molecule has 8 nitrogen and oxygen atoms in total. The van der Waals surface area contributed by atoms with Gasteiger partial charge in [-0.05, 0) is 56.8 Å². The van der Waals surface area contributed by atoms with Crippen LogP contribution in [0.3, 0.4) is 0 Å².